The van der Waals surface area contributed by atoms with Gasteiger partial charge in [-0.3, -0.25) is 14.5 Å². The average Bonchev–Trinajstić information content (AvgIpc) is 3.44. The highest BCUT2D eigenvalue weighted by Gasteiger charge is 2.53. The Labute approximate surface area is 227 Å². The lowest BCUT2D eigenvalue weighted by atomic mass is 9.88. The number of anilines is 1. The Morgan fingerprint density at radius 3 is 2.46 bits per heavy atom. The van der Waals surface area contributed by atoms with Crippen LogP contribution in [0.2, 0.25) is 0 Å². The van der Waals surface area contributed by atoms with E-state index in [1.165, 1.54) is 10.5 Å². The van der Waals surface area contributed by atoms with Crippen molar-refractivity contribution >= 4 is 34.4 Å². The van der Waals surface area contributed by atoms with E-state index < -0.39 is 18.1 Å². The summed E-state index contributed by atoms with van der Waals surface area (Å²) < 4.78 is 0. The first-order valence-electron chi connectivity index (χ1n) is 13.6. The number of H-pyrrole nitrogens is 1. The minimum Gasteiger partial charge on any atom is -0.356 e. The molecule has 2 aliphatic heterocycles. The Morgan fingerprint density at radius 1 is 1.00 bits per heavy atom. The van der Waals surface area contributed by atoms with Crippen LogP contribution in [0.25, 0.3) is 10.9 Å². The summed E-state index contributed by atoms with van der Waals surface area (Å²) in [4.78, 5) is 47.7. The van der Waals surface area contributed by atoms with E-state index in [0.29, 0.717) is 30.1 Å². The van der Waals surface area contributed by atoms with Gasteiger partial charge in [0.15, 0.2) is 0 Å². The molecule has 1 fully saturated rings. The molecule has 0 radical (unpaired) electrons. The number of nitrogens with zero attached hydrogens (tertiary/aromatic N) is 2. The molecule has 7 nitrogen and oxygen atoms in total. The van der Waals surface area contributed by atoms with Crippen LogP contribution in [0.5, 0.6) is 0 Å². The molecule has 39 heavy (non-hydrogen) atoms. The van der Waals surface area contributed by atoms with Crippen LogP contribution in [-0.4, -0.2) is 40.3 Å². The van der Waals surface area contributed by atoms with Crippen molar-refractivity contribution in [1.29, 1.82) is 0 Å². The number of urea groups is 1. The Kier molecular flexibility index (Phi) is 6.22. The van der Waals surface area contributed by atoms with Gasteiger partial charge in [-0.2, -0.15) is 0 Å². The second-order valence-corrected chi connectivity index (χ2v) is 10.6. The maximum absolute atomic E-state index is 14.2. The van der Waals surface area contributed by atoms with Gasteiger partial charge in [-0.1, -0.05) is 75.4 Å². The third kappa shape index (κ3) is 4.00. The zero-order valence-corrected chi connectivity index (χ0v) is 22.4. The van der Waals surface area contributed by atoms with Gasteiger partial charge in [0.1, 0.15) is 12.1 Å². The fourth-order valence-electron chi connectivity index (χ4n) is 5.90. The molecule has 4 amide bonds. The molecule has 0 saturated carbocycles. The minimum atomic E-state index is -0.675. The monoisotopic (exact) mass is 520 g/mol. The van der Waals surface area contributed by atoms with Gasteiger partial charge < -0.3 is 10.3 Å². The smallest absolute Gasteiger partial charge is 0.332 e. The molecule has 1 aromatic heterocycles. The topological polar surface area (TPSA) is 85.5 Å². The van der Waals surface area contributed by atoms with E-state index in [9.17, 15) is 14.4 Å². The quantitative estimate of drug-likeness (QED) is 0.310. The van der Waals surface area contributed by atoms with Gasteiger partial charge in [0.05, 0.1) is 11.3 Å². The number of aromatic amines is 1. The van der Waals surface area contributed by atoms with Gasteiger partial charge in [0, 0.05) is 29.6 Å². The summed E-state index contributed by atoms with van der Waals surface area (Å²) in [6.45, 7) is 6.79. The zero-order chi connectivity index (χ0) is 27.3. The predicted molar refractivity (Wildman–Crippen MR) is 152 cm³/mol. The molecule has 2 N–H and O–H groups in total. The van der Waals surface area contributed by atoms with E-state index in [0.717, 1.165) is 34.1 Å². The van der Waals surface area contributed by atoms with Crippen molar-refractivity contribution in [1.82, 2.24) is 15.2 Å². The number of rotatable bonds is 6. The molecule has 3 aromatic carbocycles. The van der Waals surface area contributed by atoms with Crippen molar-refractivity contribution in [2.45, 2.75) is 51.6 Å². The van der Waals surface area contributed by atoms with Crippen LogP contribution in [-0.2, 0) is 11.2 Å². The molecular formula is C32H32N4O3. The molecule has 4 aromatic rings. The van der Waals surface area contributed by atoms with Crippen LogP contribution >= 0.6 is 0 Å². The first kappa shape index (κ1) is 24.9. The number of carbonyl (C=O) groups is 3. The van der Waals surface area contributed by atoms with Crippen LogP contribution in [0.1, 0.15) is 71.9 Å². The molecule has 7 heteroatoms. The number of nitrogens with one attached hydrogen (secondary N) is 2. The molecule has 0 spiro atoms. The number of hydrogen-bond donors (Lipinski definition) is 2. The molecule has 0 unspecified atom stereocenters. The SMILES string of the molecule is CCCNC(=O)c1ccccc1N1C(=O)[C@@H]2Cc3c([nH]c4ccccc34)[C@H](c3ccc(C(C)C)cc3)N2C1=O. The Bertz CT molecular complexity index is 1590. The lowest BCUT2D eigenvalue weighted by Gasteiger charge is -2.36. The van der Waals surface area contributed by atoms with E-state index in [4.69, 9.17) is 0 Å². The van der Waals surface area contributed by atoms with Crippen molar-refractivity contribution in [3.05, 3.63) is 101 Å². The van der Waals surface area contributed by atoms with Gasteiger partial charge in [-0.15, -0.1) is 0 Å². The summed E-state index contributed by atoms with van der Waals surface area (Å²) in [5.41, 5.74) is 5.76. The lowest BCUT2D eigenvalue weighted by molar-refractivity contribution is -0.120. The fraction of sp³-hybridized carbons (Fsp3) is 0.281. The maximum Gasteiger partial charge on any atom is 0.332 e. The number of hydrogen-bond acceptors (Lipinski definition) is 3. The van der Waals surface area contributed by atoms with Crippen LogP contribution in [0, 0.1) is 0 Å². The molecule has 0 bridgehead atoms. The van der Waals surface area contributed by atoms with Gasteiger partial charge in [-0.25, -0.2) is 9.69 Å². The van der Waals surface area contributed by atoms with Crippen LogP contribution < -0.4 is 10.2 Å². The molecule has 2 aliphatic rings. The largest absolute Gasteiger partial charge is 0.356 e. The first-order chi connectivity index (χ1) is 18.9. The van der Waals surface area contributed by atoms with Gasteiger partial charge in [-0.05, 0) is 47.2 Å². The van der Waals surface area contributed by atoms with E-state index in [1.807, 2.05) is 25.1 Å². The number of carbonyl (C=O) groups excluding carboxylic acids is 3. The van der Waals surface area contributed by atoms with Crippen LogP contribution in [0.15, 0.2) is 72.8 Å². The van der Waals surface area contributed by atoms with Crippen molar-refractivity contribution in [3.63, 3.8) is 0 Å². The lowest BCUT2D eigenvalue weighted by Crippen LogP contribution is -2.44. The highest BCUT2D eigenvalue weighted by molar-refractivity contribution is 6.24. The second-order valence-electron chi connectivity index (χ2n) is 10.6. The Balaban J connectivity index is 1.48. The summed E-state index contributed by atoms with van der Waals surface area (Å²) in [6, 6.07) is 21.7. The average molecular weight is 521 g/mol. The highest BCUT2D eigenvalue weighted by Crippen LogP contribution is 2.45. The van der Waals surface area contributed by atoms with E-state index in [1.54, 1.807) is 29.2 Å². The third-order valence-corrected chi connectivity index (χ3v) is 7.89. The molecule has 2 atom stereocenters. The fourth-order valence-corrected chi connectivity index (χ4v) is 5.90. The first-order valence-corrected chi connectivity index (χ1v) is 13.6. The minimum absolute atomic E-state index is 0.296. The van der Waals surface area contributed by atoms with Crippen molar-refractivity contribution in [3.8, 4) is 0 Å². The molecule has 1 saturated heterocycles. The summed E-state index contributed by atoms with van der Waals surface area (Å²) in [7, 11) is 0. The zero-order valence-electron chi connectivity index (χ0n) is 22.4. The number of imide groups is 1. The Morgan fingerprint density at radius 2 is 1.72 bits per heavy atom. The second kappa shape index (κ2) is 9.73. The molecule has 3 heterocycles. The molecular weight excluding hydrogens is 488 g/mol. The molecule has 198 valence electrons. The number of para-hydroxylation sites is 2. The van der Waals surface area contributed by atoms with Gasteiger partial charge >= 0.3 is 6.03 Å². The summed E-state index contributed by atoms with van der Waals surface area (Å²) in [5.74, 6) is -0.229. The number of fused-ring (bicyclic) bond motifs is 4. The number of amides is 4. The van der Waals surface area contributed by atoms with Crippen molar-refractivity contribution in [2.75, 3.05) is 11.4 Å². The predicted octanol–water partition coefficient (Wildman–Crippen LogP) is 5.91. The highest BCUT2D eigenvalue weighted by atomic mass is 16.2. The van der Waals surface area contributed by atoms with Crippen LogP contribution in [0.3, 0.4) is 0 Å². The molecule has 0 aliphatic carbocycles. The standard InChI is InChI=1S/C32H32N4O3/c1-4-17-33-30(37)23-10-6-8-12-26(23)36-31(38)27-18-24-22-9-5-7-11-25(22)34-28(24)29(35(27)32(36)39)21-15-13-20(14-16-21)19(2)3/h5-16,19,27,29,34H,4,17-18H2,1-3H3,(H,33,37)/t27-,29-/m0/s1. The van der Waals surface area contributed by atoms with Gasteiger partial charge in [0.2, 0.25) is 0 Å². The third-order valence-electron chi connectivity index (χ3n) is 7.89. The number of benzene rings is 3. The number of aromatic nitrogens is 1. The van der Waals surface area contributed by atoms with Crippen molar-refractivity contribution in [2.24, 2.45) is 0 Å². The van der Waals surface area contributed by atoms with E-state index in [-0.39, 0.29) is 11.8 Å². The maximum atomic E-state index is 14.2. The summed E-state index contributed by atoms with van der Waals surface area (Å²) in [5, 5.41) is 3.94. The van der Waals surface area contributed by atoms with E-state index >= 15 is 0 Å². The summed E-state index contributed by atoms with van der Waals surface area (Å²) >= 11 is 0. The van der Waals surface area contributed by atoms with Crippen LogP contribution in [0.4, 0.5) is 10.5 Å². The van der Waals surface area contributed by atoms with E-state index in [2.05, 4.69) is 54.5 Å². The summed E-state index contributed by atoms with van der Waals surface area (Å²) in [6.07, 6.45) is 1.19. The van der Waals surface area contributed by atoms with Crippen molar-refractivity contribution < 1.29 is 14.4 Å². The Hall–Kier alpha value is -4.39. The normalized spacial score (nSPS) is 18.6. The molecule has 6 rings (SSSR count). The van der Waals surface area contributed by atoms with Gasteiger partial charge in [0.25, 0.3) is 11.8 Å².